The summed E-state index contributed by atoms with van der Waals surface area (Å²) in [4.78, 5) is 39.1. The van der Waals surface area contributed by atoms with Crippen molar-refractivity contribution in [3.63, 3.8) is 0 Å². The van der Waals surface area contributed by atoms with Gasteiger partial charge in [-0.25, -0.2) is 19.7 Å². The summed E-state index contributed by atoms with van der Waals surface area (Å²) >= 11 is 1.42. The molecule has 0 saturated carbocycles. The largest absolute Gasteiger partial charge is 0.478 e. The van der Waals surface area contributed by atoms with Crippen molar-refractivity contribution in [1.29, 1.82) is 0 Å². The molecule has 0 aliphatic rings. The van der Waals surface area contributed by atoms with Gasteiger partial charge in [-0.3, -0.25) is 9.36 Å². The number of aromatic nitrogens is 4. The van der Waals surface area contributed by atoms with Gasteiger partial charge in [0.15, 0.2) is 5.82 Å². The molecular weight excluding hydrogens is 426 g/mol. The number of aromatic carboxylic acids is 1. The zero-order valence-corrected chi connectivity index (χ0v) is 17.7. The molecule has 0 spiro atoms. The van der Waals surface area contributed by atoms with Gasteiger partial charge in [-0.1, -0.05) is 30.3 Å². The van der Waals surface area contributed by atoms with Crippen LogP contribution in [0.1, 0.15) is 29.0 Å². The third kappa shape index (κ3) is 3.28. The van der Waals surface area contributed by atoms with Crippen molar-refractivity contribution in [2.45, 2.75) is 13.0 Å². The third-order valence-corrected chi connectivity index (χ3v) is 5.98. The third-order valence-electron chi connectivity index (χ3n) is 5.25. The summed E-state index contributed by atoms with van der Waals surface area (Å²) in [6.45, 7) is 1.92. The quantitative estimate of drug-likeness (QED) is 0.418. The van der Waals surface area contributed by atoms with Crippen LogP contribution >= 0.6 is 11.3 Å². The Morgan fingerprint density at radius 3 is 2.69 bits per heavy atom. The predicted molar refractivity (Wildman–Crippen MR) is 124 cm³/mol. The zero-order valence-electron chi connectivity index (χ0n) is 16.9. The van der Waals surface area contributed by atoms with Crippen LogP contribution in [-0.4, -0.2) is 30.6 Å². The van der Waals surface area contributed by atoms with E-state index >= 15 is 0 Å². The highest BCUT2D eigenvalue weighted by molar-refractivity contribution is 7.16. The summed E-state index contributed by atoms with van der Waals surface area (Å²) in [5.41, 5.74) is 3.26. The Kier molecular flexibility index (Phi) is 4.87. The number of carbonyl (C=O) groups is 1. The Hall–Kier alpha value is -4.11. The van der Waals surface area contributed by atoms with Crippen LogP contribution in [0, 0.1) is 0 Å². The first-order valence-corrected chi connectivity index (χ1v) is 10.7. The molecular formula is C23H17N5O3S. The van der Waals surface area contributed by atoms with E-state index in [0.29, 0.717) is 28.1 Å². The normalized spacial score (nSPS) is 12.2. The van der Waals surface area contributed by atoms with Crippen LogP contribution in [0.5, 0.6) is 0 Å². The molecule has 3 aromatic heterocycles. The number of nitrogens with one attached hydrogen (secondary N) is 1. The SMILES string of the molecule is C[C@H](Nc1ncnc2scnc12)c1cc2cccc(C(=O)O)c2c(=O)n1-c1ccccc1. The molecule has 9 heteroatoms. The maximum Gasteiger partial charge on any atom is 0.336 e. The van der Waals surface area contributed by atoms with Crippen molar-refractivity contribution >= 4 is 44.2 Å². The van der Waals surface area contributed by atoms with Gasteiger partial charge in [-0.05, 0) is 36.6 Å². The monoisotopic (exact) mass is 443 g/mol. The van der Waals surface area contributed by atoms with E-state index in [1.165, 1.54) is 23.7 Å². The van der Waals surface area contributed by atoms with Crippen LogP contribution in [0.4, 0.5) is 5.82 Å². The molecule has 0 radical (unpaired) electrons. The van der Waals surface area contributed by atoms with Crippen molar-refractivity contribution in [3.8, 4) is 5.69 Å². The second-order valence-corrected chi connectivity index (χ2v) is 8.05. The minimum Gasteiger partial charge on any atom is -0.478 e. The number of thiazole rings is 1. The number of carboxylic acids is 1. The smallest absolute Gasteiger partial charge is 0.336 e. The Bertz CT molecular complexity index is 1530. The standard InChI is InChI=1S/C23H17N5O3S/c1-13(27-20-19-21(25-11-24-20)32-12-26-19)17-10-14-6-5-9-16(23(30)31)18(14)22(29)28(17)15-7-3-2-4-8-15/h2-13H,1H3,(H,30,31)(H,24,25,27)/t13-/m0/s1. The van der Waals surface area contributed by atoms with Gasteiger partial charge in [-0.15, -0.1) is 11.3 Å². The number of para-hydroxylation sites is 1. The Morgan fingerprint density at radius 2 is 1.91 bits per heavy atom. The average Bonchev–Trinajstić information content (AvgIpc) is 3.29. The summed E-state index contributed by atoms with van der Waals surface area (Å²) in [7, 11) is 0. The number of fused-ring (bicyclic) bond motifs is 2. The van der Waals surface area contributed by atoms with Crippen LogP contribution in [-0.2, 0) is 0 Å². The molecule has 8 nitrogen and oxygen atoms in total. The van der Waals surface area contributed by atoms with Crippen LogP contribution in [0.3, 0.4) is 0 Å². The van der Waals surface area contributed by atoms with Gasteiger partial charge < -0.3 is 10.4 Å². The number of carboxylic acid groups (broad SMARTS) is 1. The molecule has 0 aliphatic heterocycles. The molecule has 158 valence electrons. The summed E-state index contributed by atoms with van der Waals surface area (Å²) in [5, 5.41) is 13.7. The van der Waals surface area contributed by atoms with E-state index in [0.717, 1.165) is 4.83 Å². The minimum absolute atomic E-state index is 0.0238. The van der Waals surface area contributed by atoms with E-state index in [1.54, 1.807) is 22.2 Å². The van der Waals surface area contributed by atoms with Gasteiger partial charge in [0.25, 0.3) is 5.56 Å². The molecule has 2 aromatic carbocycles. The molecule has 0 aliphatic carbocycles. The summed E-state index contributed by atoms with van der Waals surface area (Å²) in [6.07, 6.45) is 1.47. The molecule has 1 atom stereocenters. The number of rotatable bonds is 5. The van der Waals surface area contributed by atoms with Gasteiger partial charge >= 0.3 is 5.97 Å². The molecule has 0 bridgehead atoms. The van der Waals surface area contributed by atoms with E-state index < -0.39 is 11.5 Å². The van der Waals surface area contributed by atoms with E-state index in [9.17, 15) is 14.7 Å². The number of anilines is 1. The lowest BCUT2D eigenvalue weighted by molar-refractivity contribution is 0.0699. The average molecular weight is 443 g/mol. The highest BCUT2D eigenvalue weighted by Crippen LogP contribution is 2.28. The van der Waals surface area contributed by atoms with Crippen LogP contribution in [0.2, 0.25) is 0 Å². The number of pyridine rings is 1. The first kappa shape index (κ1) is 19.8. The maximum atomic E-state index is 13.6. The number of nitrogens with zero attached hydrogens (tertiary/aromatic N) is 4. The zero-order chi connectivity index (χ0) is 22.2. The maximum absolute atomic E-state index is 13.6. The van der Waals surface area contributed by atoms with Crippen molar-refractivity contribution in [2.24, 2.45) is 0 Å². The molecule has 0 fully saturated rings. The molecule has 2 N–H and O–H groups in total. The lowest BCUT2D eigenvalue weighted by atomic mass is 10.0. The molecule has 5 rings (SSSR count). The fourth-order valence-electron chi connectivity index (χ4n) is 3.80. The molecule has 0 unspecified atom stereocenters. The lowest BCUT2D eigenvalue weighted by Gasteiger charge is -2.21. The predicted octanol–water partition coefficient (Wildman–Crippen LogP) is 4.26. The minimum atomic E-state index is -1.14. The Labute approximate surface area is 185 Å². The van der Waals surface area contributed by atoms with Crippen LogP contribution < -0.4 is 10.9 Å². The highest BCUT2D eigenvalue weighted by Gasteiger charge is 2.21. The van der Waals surface area contributed by atoms with E-state index in [2.05, 4.69) is 20.3 Å². The second kappa shape index (κ2) is 7.86. The van der Waals surface area contributed by atoms with Gasteiger partial charge in [0.05, 0.1) is 22.5 Å². The summed E-state index contributed by atoms with van der Waals surface area (Å²) in [5.74, 6) is -0.576. The molecule has 32 heavy (non-hydrogen) atoms. The molecule has 5 aromatic rings. The molecule has 0 amide bonds. The summed E-state index contributed by atoms with van der Waals surface area (Å²) in [6, 6.07) is 15.5. The van der Waals surface area contributed by atoms with Crippen LogP contribution in [0.25, 0.3) is 26.8 Å². The first-order valence-electron chi connectivity index (χ1n) is 9.82. The Morgan fingerprint density at radius 1 is 1.09 bits per heavy atom. The summed E-state index contributed by atoms with van der Waals surface area (Å²) < 4.78 is 1.55. The second-order valence-electron chi connectivity index (χ2n) is 7.21. The van der Waals surface area contributed by atoms with Gasteiger partial charge in [0, 0.05) is 11.4 Å². The highest BCUT2D eigenvalue weighted by atomic mass is 32.1. The van der Waals surface area contributed by atoms with Crippen molar-refractivity contribution < 1.29 is 9.90 Å². The lowest BCUT2D eigenvalue weighted by Crippen LogP contribution is -2.26. The van der Waals surface area contributed by atoms with Crippen molar-refractivity contribution in [3.05, 3.63) is 88.0 Å². The first-order chi connectivity index (χ1) is 15.5. The van der Waals surface area contributed by atoms with Crippen molar-refractivity contribution in [2.75, 3.05) is 5.32 Å². The van der Waals surface area contributed by atoms with E-state index in [4.69, 9.17) is 0 Å². The molecule has 3 heterocycles. The van der Waals surface area contributed by atoms with Gasteiger partial charge in [-0.2, -0.15) is 0 Å². The topological polar surface area (TPSA) is 110 Å². The fraction of sp³-hybridized carbons (Fsp3) is 0.0870. The number of hydrogen-bond donors (Lipinski definition) is 2. The van der Waals surface area contributed by atoms with Crippen molar-refractivity contribution in [1.82, 2.24) is 19.5 Å². The van der Waals surface area contributed by atoms with E-state index in [1.807, 2.05) is 43.3 Å². The van der Waals surface area contributed by atoms with Gasteiger partial charge in [0.1, 0.15) is 16.7 Å². The van der Waals surface area contributed by atoms with Gasteiger partial charge in [0.2, 0.25) is 0 Å². The van der Waals surface area contributed by atoms with Crippen LogP contribution in [0.15, 0.2) is 71.2 Å². The van der Waals surface area contributed by atoms with E-state index in [-0.39, 0.29) is 17.0 Å². The number of hydrogen-bond acceptors (Lipinski definition) is 7. The molecule has 0 saturated heterocycles. The fourth-order valence-corrected chi connectivity index (χ4v) is 4.43. The number of benzene rings is 2. The Balaban J connectivity index is 1.74.